The van der Waals surface area contributed by atoms with Crippen LogP contribution in [0.5, 0.6) is 11.5 Å². The van der Waals surface area contributed by atoms with Crippen molar-refractivity contribution >= 4 is 33.0 Å². The Balaban J connectivity index is 1.65. The second-order valence-electron chi connectivity index (χ2n) is 5.65. The van der Waals surface area contributed by atoms with Gasteiger partial charge in [0, 0.05) is 12.7 Å². The van der Waals surface area contributed by atoms with Crippen LogP contribution in [0.2, 0.25) is 5.02 Å². The van der Waals surface area contributed by atoms with Crippen LogP contribution in [-0.2, 0) is 21.1 Å². The number of ether oxygens (including phenoxy) is 2. The molecule has 1 aliphatic rings. The highest BCUT2D eigenvalue weighted by molar-refractivity contribution is 7.90. The predicted octanol–water partition coefficient (Wildman–Crippen LogP) is 3.04. The smallest absolute Gasteiger partial charge is 0.231 e. The van der Waals surface area contributed by atoms with E-state index in [9.17, 15) is 13.2 Å². The highest BCUT2D eigenvalue weighted by Crippen LogP contribution is 2.33. The minimum absolute atomic E-state index is 0.1000. The first-order valence-corrected chi connectivity index (χ1v) is 9.78. The van der Waals surface area contributed by atoms with E-state index in [4.69, 9.17) is 21.1 Å². The average Bonchev–Trinajstić information content (AvgIpc) is 3.01. The molecular weight excluding hydrogens is 366 g/mol. The van der Waals surface area contributed by atoms with Gasteiger partial charge in [-0.15, -0.1) is 0 Å². The Morgan fingerprint density at radius 2 is 1.92 bits per heavy atom. The van der Waals surface area contributed by atoms with Crippen molar-refractivity contribution in [3.05, 3.63) is 47.0 Å². The molecule has 0 bridgehead atoms. The molecule has 2 aromatic carbocycles. The first kappa shape index (κ1) is 17.6. The molecule has 1 amide bonds. The molecule has 3 rings (SSSR count). The van der Waals surface area contributed by atoms with Crippen LogP contribution in [0.15, 0.2) is 41.3 Å². The standard InChI is InChI=1S/C17H16ClNO5S/c1-25(21,22)12-4-5-13(18)14(9-12)19-17(20)7-3-11-2-6-15-16(8-11)24-10-23-15/h2,4-6,8-9H,3,7,10H2,1H3,(H,19,20). The third-order valence-corrected chi connectivity index (χ3v) is 5.16. The molecule has 1 N–H and O–H groups in total. The second-order valence-corrected chi connectivity index (χ2v) is 8.07. The van der Waals surface area contributed by atoms with Gasteiger partial charge in [-0.2, -0.15) is 0 Å². The molecule has 0 radical (unpaired) electrons. The number of amides is 1. The zero-order valence-corrected chi connectivity index (χ0v) is 15.0. The Bertz CT molecular complexity index is 927. The van der Waals surface area contributed by atoms with Crippen molar-refractivity contribution in [2.75, 3.05) is 18.4 Å². The van der Waals surface area contributed by atoms with Crippen LogP contribution in [-0.4, -0.2) is 27.4 Å². The maximum atomic E-state index is 12.2. The SMILES string of the molecule is CS(=O)(=O)c1ccc(Cl)c(NC(=O)CCc2ccc3c(c2)OCO3)c1. The van der Waals surface area contributed by atoms with Gasteiger partial charge in [0.2, 0.25) is 12.7 Å². The zero-order chi connectivity index (χ0) is 18.0. The highest BCUT2D eigenvalue weighted by Gasteiger charge is 2.15. The van der Waals surface area contributed by atoms with Gasteiger partial charge in [0.15, 0.2) is 21.3 Å². The van der Waals surface area contributed by atoms with Gasteiger partial charge in [0.05, 0.1) is 15.6 Å². The fourth-order valence-electron chi connectivity index (χ4n) is 2.40. The van der Waals surface area contributed by atoms with Crippen LogP contribution in [0, 0.1) is 0 Å². The largest absolute Gasteiger partial charge is 0.454 e. The molecule has 6 nitrogen and oxygen atoms in total. The Hall–Kier alpha value is -2.25. The van der Waals surface area contributed by atoms with Gasteiger partial charge >= 0.3 is 0 Å². The fraction of sp³-hybridized carbons (Fsp3) is 0.235. The zero-order valence-electron chi connectivity index (χ0n) is 13.4. The average molecular weight is 382 g/mol. The number of aryl methyl sites for hydroxylation is 1. The van der Waals surface area contributed by atoms with Gasteiger partial charge in [-0.1, -0.05) is 17.7 Å². The number of fused-ring (bicyclic) bond motifs is 1. The molecule has 132 valence electrons. The third kappa shape index (κ3) is 4.24. The molecule has 0 saturated heterocycles. The molecule has 0 spiro atoms. The van der Waals surface area contributed by atoms with Crippen molar-refractivity contribution < 1.29 is 22.7 Å². The third-order valence-electron chi connectivity index (χ3n) is 3.72. The van der Waals surface area contributed by atoms with E-state index in [0.717, 1.165) is 11.8 Å². The minimum atomic E-state index is -3.37. The molecule has 0 saturated carbocycles. The molecule has 1 heterocycles. The summed E-state index contributed by atoms with van der Waals surface area (Å²) in [6.45, 7) is 0.203. The van der Waals surface area contributed by atoms with E-state index in [-0.39, 0.29) is 34.7 Å². The maximum absolute atomic E-state index is 12.2. The van der Waals surface area contributed by atoms with Crippen LogP contribution in [0.3, 0.4) is 0 Å². The summed E-state index contributed by atoms with van der Waals surface area (Å²) >= 11 is 6.03. The van der Waals surface area contributed by atoms with E-state index < -0.39 is 9.84 Å². The lowest BCUT2D eigenvalue weighted by Crippen LogP contribution is -2.13. The lowest BCUT2D eigenvalue weighted by Gasteiger charge is -2.09. The lowest BCUT2D eigenvalue weighted by molar-refractivity contribution is -0.116. The van der Waals surface area contributed by atoms with Crippen LogP contribution in [0.25, 0.3) is 0 Å². The Labute approximate surface area is 150 Å². The van der Waals surface area contributed by atoms with Gasteiger partial charge in [-0.25, -0.2) is 8.42 Å². The maximum Gasteiger partial charge on any atom is 0.231 e. The van der Waals surface area contributed by atoms with Crippen LogP contribution in [0.4, 0.5) is 5.69 Å². The van der Waals surface area contributed by atoms with Gasteiger partial charge in [0.25, 0.3) is 0 Å². The number of nitrogens with one attached hydrogen (secondary N) is 1. The summed E-state index contributed by atoms with van der Waals surface area (Å²) in [5, 5.41) is 2.94. The number of sulfone groups is 1. The van der Waals surface area contributed by atoms with E-state index in [1.165, 1.54) is 18.2 Å². The number of anilines is 1. The summed E-state index contributed by atoms with van der Waals surface area (Å²) in [6.07, 6.45) is 1.83. The number of hydrogen-bond donors (Lipinski definition) is 1. The Kier molecular flexibility index (Phi) is 4.87. The van der Waals surface area contributed by atoms with E-state index in [1.54, 1.807) is 0 Å². The number of rotatable bonds is 5. The van der Waals surface area contributed by atoms with Crippen molar-refractivity contribution in [1.29, 1.82) is 0 Å². The Morgan fingerprint density at radius 3 is 2.68 bits per heavy atom. The Morgan fingerprint density at radius 1 is 1.16 bits per heavy atom. The number of halogens is 1. The van der Waals surface area contributed by atoms with E-state index in [0.29, 0.717) is 17.9 Å². The number of hydrogen-bond acceptors (Lipinski definition) is 5. The first-order chi connectivity index (χ1) is 11.8. The number of carbonyl (C=O) groups excluding carboxylic acids is 1. The highest BCUT2D eigenvalue weighted by atomic mass is 35.5. The van der Waals surface area contributed by atoms with Crippen molar-refractivity contribution in [1.82, 2.24) is 0 Å². The van der Waals surface area contributed by atoms with Crippen LogP contribution >= 0.6 is 11.6 Å². The molecule has 0 unspecified atom stereocenters. The van der Waals surface area contributed by atoms with Crippen LogP contribution < -0.4 is 14.8 Å². The van der Waals surface area contributed by atoms with Gasteiger partial charge in [-0.3, -0.25) is 4.79 Å². The van der Waals surface area contributed by atoms with Gasteiger partial charge in [0.1, 0.15) is 0 Å². The van der Waals surface area contributed by atoms with Crippen molar-refractivity contribution in [2.24, 2.45) is 0 Å². The molecule has 0 aromatic heterocycles. The molecule has 0 aliphatic carbocycles. The monoisotopic (exact) mass is 381 g/mol. The number of carbonyl (C=O) groups is 1. The summed E-state index contributed by atoms with van der Waals surface area (Å²) in [5.41, 5.74) is 1.22. The van der Waals surface area contributed by atoms with Gasteiger partial charge in [-0.05, 0) is 42.3 Å². The fourth-order valence-corrected chi connectivity index (χ4v) is 3.21. The molecule has 0 fully saturated rings. The topological polar surface area (TPSA) is 81.7 Å². The van der Waals surface area contributed by atoms with E-state index in [1.807, 2.05) is 18.2 Å². The predicted molar refractivity (Wildman–Crippen MR) is 94.1 cm³/mol. The molecule has 25 heavy (non-hydrogen) atoms. The summed E-state index contributed by atoms with van der Waals surface area (Å²) in [5.74, 6) is 1.10. The van der Waals surface area contributed by atoms with Gasteiger partial charge < -0.3 is 14.8 Å². The summed E-state index contributed by atoms with van der Waals surface area (Å²) in [4.78, 5) is 12.3. The summed E-state index contributed by atoms with van der Waals surface area (Å²) in [6, 6.07) is 9.73. The van der Waals surface area contributed by atoms with E-state index in [2.05, 4.69) is 5.32 Å². The minimum Gasteiger partial charge on any atom is -0.454 e. The summed E-state index contributed by atoms with van der Waals surface area (Å²) in [7, 11) is -3.37. The quantitative estimate of drug-likeness (QED) is 0.860. The van der Waals surface area contributed by atoms with Crippen molar-refractivity contribution in [3.8, 4) is 11.5 Å². The second kappa shape index (κ2) is 6.93. The summed E-state index contributed by atoms with van der Waals surface area (Å²) < 4.78 is 33.8. The van der Waals surface area contributed by atoms with Crippen molar-refractivity contribution in [2.45, 2.75) is 17.7 Å². The first-order valence-electron chi connectivity index (χ1n) is 7.51. The lowest BCUT2D eigenvalue weighted by atomic mass is 10.1. The van der Waals surface area contributed by atoms with Crippen molar-refractivity contribution in [3.63, 3.8) is 0 Å². The normalized spacial score (nSPS) is 12.9. The van der Waals surface area contributed by atoms with Crippen LogP contribution in [0.1, 0.15) is 12.0 Å². The molecular formula is C17H16ClNO5S. The molecule has 2 aromatic rings. The molecule has 8 heteroatoms. The molecule has 0 atom stereocenters. The molecule has 1 aliphatic heterocycles. The number of benzene rings is 2. The van der Waals surface area contributed by atoms with E-state index >= 15 is 0 Å².